The van der Waals surface area contributed by atoms with Crippen LogP contribution >= 0.6 is 23.2 Å². The number of rotatable bonds is 3. The van der Waals surface area contributed by atoms with Crippen molar-refractivity contribution in [1.29, 1.82) is 0 Å². The van der Waals surface area contributed by atoms with E-state index in [0.717, 1.165) is 0 Å². The third-order valence-electron chi connectivity index (χ3n) is 4.21. The van der Waals surface area contributed by atoms with Crippen LogP contribution in [0.4, 0.5) is 13.2 Å². The van der Waals surface area contributed by atoms with Gasteiger partial charge >= 0.3 is 6.18 Å². The van der Waals surface area contributed by atoms with Crippen LogP contribution < -0.4 is 5.56 Å². The smallest absolute Gasteiger partial charge is 0.265 e. The van der Waals surface area contributed by atoms with E-state index in [1.54, 1.807) is 48.5 Å². The normalized spacial score (nSPS) is 11.9. The predicted molar refractivity (Wildman–Crippen MR) is 105 cm³/mol. The van der Waals surface area contributed by atoms with Crippen molar-refractivity contribution in [3.05, 3.63) is 75.1 Å². The molecular weight excluding hydrogens is 428 g/mol. The zero-order valence-corrected chi connectivity index (χ0v) is 16.0. The second-order valence-corrected chi connectivity index (χ2v) is 7.05. The van der Waals surface area contributed by atoms with Crippen LogP contribution in [0.3, 0.4) is 0 Å². The molecule has 0 saturated heterocycles. The van der Waals surface area contributed by atoms with E-state index in [1.807, 2.05) is 0 Å². The molecule has 0 amide bonds. The topological polar surface area (TPSA) is 52.7 Å². The van der Waals surface area contributed by atoms with Gasteiger partial charge in [0, 0.05) is 10.6 Å². The Bertz CT molecular complexity index is 1260. The first kappa shape index (κ1) is 19.5. The van der Waals surface area contributed by atoms with Crippen LogP contribution in [0, 0.1) is 0 Å². The second-order valence-electron chi connectivity index (χ2n) is 6.20. The minimum Gasteiger partial charge on any atom is -0.265 e. The van der Waals surface area contributed by atoms with E-state index in [2.05, 4.69) is 10.2 Å². The quantitative estimate of drug-likeness (QED) is 0.446. The molecule has 0 aliphatic rings. The van der Waals surface area contributed by atoms with Crippen LogP contribution in [0.25, 0.3) is 27.8 Å². The highest BCUT2D eigenvalue weighted by Gasteiger charge is 2.30. The largest absolute Gasteiger partial charge is 0.408 e. The summed E-state index contributed by atoms with van der Waals surface area (Å²) in [6.07, 6.45) is -3.39. The SMILES string of the molecule is O=c1c2nn(-c3ccccc3Cl)c(-c3ccc(Cl)cc3)c2cnn1CC(F)(F)F. The first-order chi connectivity index (χ1) is 13.7. The summed E-state index contributed by atoms with van der Waals surface area (Å²) in [5.41, 5.74) is 0.493. The highest BCUT2D eigenvalue weighted by molar-refractivity contribution is 6.32. The van der Waals surface area contributed by atoms with Crippen molar-refractivity contribution < 1.29 is 13.2 Å². The highest BCUT2D eigenvalue weighted by atomic mass is 35.5. The fourth-order valence-electron chi connectivity index (χ4n) is 2.98. The predicted octanol–water partition coefficient (Wildman–Crippen LogP) is 5.12. The van der Waals surface area contributed by atoms with Crippen molar-refractivity contribution in [1.82, 2.24) is 19.6 Å². The van der Waals surface area contributed by atoms with E-state index >= 15 is 0 Å². The Morgan fingerprint density at radius 2 is 1.69 bits per heavy atom. The maximum Gasteiger partial charge on any atom is 0.408 e. The molecule has 0 spiro atoms. The third kappa shape index (κ3) is 3.73. The lowest BCUT2D eigenvalue weighted by atomic mass is 10.1. The Morgan fingerprint density at radius 1 is 1.00 bits per heavy atom. The van der Waals surface area contributed by atoms with Crippen LogP contribution in [0.2, 0.25) is 10.0 Å². The Morgan fingerprint density at radius 3 is 2.34 bits per heavy atom. The van der Waals surface area contributed by atoms with Gasteiger partial charge in [-0.25, -0.2) is 9.36 Å². The zero-order valence-electron chi connectivity index (χ0n) is 14.5. The van der Waals surface area contributed by atoms with E-state index < -0.39 is 18.3 Å². The molecule has 2 aromatic carbocycles. The van der Waals surface area contributed by atoms with Gasteiger partial charge in [-0.05, 0) is 24.3 Å². The van der Waals surface area contributed by atoms with Crippen LogP contribution in [0.1, 0.15) is 0 Å². The molecule has 5 nitrogen and oxygen atoms in total. The molecule has 0 N–H and O–H groups in total. The van der Waals surface area contributed by atoms with Gasteiger partial charge in [-0.15, -0.1) is 0 Å². The van der Waals surface area contributed by atoms with Crippen molar-refractivity contribution in [2.75, 3.05) is 0 Å². The van der Waals surface area contributed by atoms with Gasteiger partial charge in [0.1, 0.15) is 6.54 Å². The van der Waals surface area contributed by atoms with Crippen LogP contribution in [-0.4, -0.2) is 25.7 Å². The fraction of sp³-hybridized carbons (Fsp3) is 0.105. The average Bonchev–Trinajstić information content (AvgIpc) is 3.04. The third-order valence-corrected chi connectivity index (χ3v) is 4.78. The summed E-state index contributed by atoms with van der Waals surface area (Å²) in [5, 5.41) is 9.16. The Kier molecular flexibility index (Phi) is 4.84. The van der Waals surface area contributed by atoms with Gasteiger partial charge in [-0.1, -0.05) is 47.5 Å². The number of alkyl halides is 3. The fourth-order valence-corrected chi connectivity index (χ4v) is 3.32. The molecule has 148 valence electrons. The number of hydrogen-bond donors (Lipinski definition) is 0. The van der Waals surface area contributed by atoms with Gasteiger partial charge in [0.25, 0.3) is 5.56 Å². The van der Waals surface area contributed by atoms with Crippen molar-refractivity contribution >= 4 is 34.1 Å². The molecule has 4 aromatic rings. The monoisotopic (exact) mass is 438 g/mol. The molecule has 0 aliphatic heterocycles. The van der Waals surface area contributed by atoms with Gasteiger partial charge in [0.05, 0.1) is 28.0 Å². The van der Waals surface area contributed by atoms with E-state index in [-0.39, 0.29) is 5.52 Å². The van der Waals surface area contributed by atoms with E-state index in [9.17, 15) is 18.0 Å². The van der Waals surface area contributed by atoms with Crippen molar-refractivity contribution in [3.63, 3.8) is 0 Å². The summed E-state index contributed by atoms with van der Waals surface area (Å²) in [6.45, 7) is -1.50. The van der Waals surface area contributed by atoms with Crippen LogP contribution in [0.5, 0.6) is 0 Å². The molecule has 0 bridgehead atoms. The number of fused-ring (bicyclic) bond motifs is 1. The number of benzene rings is 2. The molecule has 2 aromatic heterocycles. The first-order valence-electron chi connectivity index (χ1n) is 8.31. The molecule has 0 fully saturated rings. The first-order valence-corrected chi connectivity index (χ1v) is 9.06. The molecule has 4 rings (SSSR count). The van der Waals surface area contributed by atoms with E-state index in [0.29, 0.717) is 37.1 Å². The molecule has 0 unspecified atom stereocenters. The van der Waals surface area contributed by atoms with Crippen molar-refractivity contribution in [2.45, 2.75) is 12.7 Å². The van der Waals surface area contributed by atoms with E-state index in [1.165, 1.54) is 10.9 Å². The number of halogens is 5. The Balaban J connectivity index is 2.04. The van der Waals surface area contributed by atoms with Gasteiger partial charge < -0.3 is 0 Å². The van der Waals surface area contributed by atoms with E-state index in [4.69, 9.17) is 23.2 Å². The van der Waals surface area contributed by atoms with Gasteiger partial charge in [0.15, 0.2) is 5.52 Å². The molecule has 29 heavy (non-hydrogen) atoms. The van der Waals surface area contributed by atoms with Gasteiger partial charge in [0.2, 0.25) is 0 Å². The lowest BCUT2D eigenvalue weighted by Crippen LogP contribution is -2.30. The lowest BCUT2D eigenvalue weighted by molar-refractivity contribution is -0.143. The molecule has 0 radical (unpaired) electrons. The molecule has 10 heteroatoms. The molecule has 0 aliphatic carbocycles. The number of nitrogens with zero attached hydrogens (tertiary/aromatic N) is 4. The number of para-hydroxylation sites is 1. The molecule has 0 saturated carbocycles. The summed E-state index contributed by atoms with van der Waals surface area (Å²) in [5.74, 6) is 0. The number of hydrogen-bond acceptors (Lipinski definition) is 3. The van der Waals surface area contributed by atoms with Crippen molar-refractivity contribution in [2.24, 2.45) is 0 Å². The Labute approximate surface area is 171 Å². The summed E-state index contributed by atoms with van der Waals surface area (Å²) < 4.78 is 40.1. The molecular formula is C19H11Cl2F3N4O. The molecule has 2 heterocycles. The molecule has 0 atom stereocenters. The highest BCUT2D eigenvalue weighted by Crippen LogP contribution is 2.32. The summed E-state index contributed by atoms with van der Waals surface area (Å²) in [4.78, 5) is 12.6. The maximum atomic E-state index is 12.8. The lowest BCUT2D eigenvalue weighted by Gasteiger charge is -2.10. The summed E-state index contributed by atoms with van der Waals surface area (Å²) >= 11 is 12.3. The standard InChI is InChI=1S/C19H11Cl2F3N4O/c20-12-7-5-11(6-8-12)17-13-9-25-27(10-19(22,23)24)18(29)16(13)26-28(17)15-4-2-1-3-14(15)21/h1-9H,10H2. The second kappa shape index (κ2) is 7.20. The minimum atomic E-state index is -4.59. The van der Waals surface area contributed by atoms with Crippen LogP contribution in [0.15, 0.2) is 59.5 Å². The minimum absolute atomic E-state index is 0.144. The zero-order chi connectivity index (χ0) is 20.8. The van der Waals surface area contributed by atoms with Gasteiger partial charge in [-0.3, -0.25) is 4.79 Å². The summed E-state index contributed by atoms with van der Waals surface area (Å²) in [7, 11) is 0. The Hall–Kier alpha value is -2.84. The average molecular weight is 439 g/mol. The van der Waals surface area contributed by atoms with Crippen LogP contribution in [-0.2, 0) is 6.54 Å². The number of aromatic nitrogens is 4. The summed E-state index contributed by atoms with van der Waals surface area (Å²) in [6, 6.07) is 13.6. The van der Waals surface area contributed by atoms with Gasteiger partial charge in [-0.2, -0.15) is 23.4 Å². The van der Waals surface area contributed by atoms with Crippen molar-refractivity contribution in [3.8, 4) is 16.9 Å². The maximum absolute atomic E-state index is 12.8.